The number of para-hydroxylation sites is 1. The molecule has 6 nitrogen and oxygen atoms in total. The summed E-state index contributed by atoms with van der Waals surface area (Å²) in [6.07, 6.45) is 6.41. The lowest BCUT2D eigenvalue weighted by molar-refractivity contribution is -0.900. The zero-order valence-corrected chi connectivity index (χ0v) is 22.3. The minimum absolute atomic E-state index is 0.0453. The molecule has 0 aliphatic carbocycles. The monoisotopic (exact) mass is 501 g/mol. The second-order valence-corrected chi connectivity index (χ2v) is 10.7. The summed E-state index contributed by atoms with van der Waals surface area (Å²) in [6.45, 7) is 8.77. The molecule has 1 aromatic heterocycles. The summed E-state index contributed by atoms with van der Waals surface area (Å²) in [5.41, 5.74) is 4.32. The van der Waals surface area contributed by atoms with Gasteiger partial charge in [0.1, 0.15) is 6.04 Å². The second kappa shape index (κ2) is 11.5. The Balaban J connectivity index is 1.38. The van der Waals surface area contributed by atoms with Gasteiger partial charge in [0.2, 0.25) is 11.8 Å². The topological polar surface area (TPSA) is 60.9 Å². The molecule has 1 fully saturated rings. The molecule has 0 saturated carbocycles. The fourth-order valence-corrected chi connectivity index (χ4v) is 6.24. The number of hydrogen-bond acceptors (Lipinski definition) is 2. The molecule has 0 unspecified atom stereocenters. The highest BCUT2D eigenvalue weighted by molar-refractivity contribution is 5.97. The first-order valence-electron chi connectivity index (χ1n) is 14.2. The number of amides is 2. The number of unbranched alkanes of at least 4 members (excludes halogenated alkanes) is 2. The van der Waals surface area contributed by atoms with E-state index in [0.29, 0.717) is 13.0 Å². The van der Waals surface area contributed by atoms with E-state index in [1.807, 2.05) is 40.1 Å². The molecule has 2 N–H and O–H groups in total. The Labute approximate surface area is 220 Å². The van der Waals surface area contributed by atoms with Crippen LogP contribution < -0.4 is 4.90 Å². The summed E-state index contributed by atoms with van der Waals surface area (Å²) in [7, 11) is 0. The summed E-state index contributed by atoms with van der Waals surface area (Å²) >= 11 is 0. The molecule has 2 amide bonds. The number of nitrogens with zero attached hydrogens (tertiary/aromatic N) is 2. The van der Waals surface area contributed by atoms with Gasteiger partial charge in [-0.25, -0.2) is 0 Å². The van der Waals surface area contributed by atoms with Crippen LogP contribution in [0.4, 0.5) is 0 Å². The van der Waals surface area contributed by atoms with Crippen LogP contribution >= 0.6 is 0 Å². The highest BCUT2D eigenvalue weighted by atomic mass is 16.2. The maximum Gasteiger partial charge on any atom is 0.246 e. The lowest BCUT2D eigenvalue weighted by atomic mass is 9.86. The predicted molar refractivity (Wildman–Crippen MR) is 147 cm³/mol. The molecule has 3 heterocycles. The number of hydrogen-bond donors (Lipinski definition) is 2. The van der Waals surface area contributed by atoms with E-state index >= 15 is 0 Å². The van der Waals surface area contributed by atoms with Crippen LogP contribution in [0.3, 0.4) is 0 Å². The standard InChI is InChI=1S/C31H40N4O2/c1-3-5-17-33(18-6-4-2)19-12-20-34-22-28(36)35-27(31(34)37)21-25-24-15-10-11-16-26(24)32-29(25)30(35)23-13-8-7-9-14-23/h7-11,13-16,27,30,32H,3-6,12,17-22H2,1-2H3/p+1/t27-,30+/m0/s1. The van der Waals surface area contributed by atoms with Crippen molar-refractivity contribution in [1.82, 2.24) is 14.8 Å². The zero-order chi connectivity index (χ0) is 25.8. The molecule has 0 spiro atoms. The van der Waals surface area contributed by atoms with Gasteiger partial charge in [0.15, 0.2) is 0 Å². The molecule has 0 radical (unpaired) electrons. The number of carbonyl (C=O) groups is 2. The Morgan fingerprint density at radius 2 is 1.57 bits per heavy atom. The average Bonchev–Trinajstić information content (AvgIpc) is 3.30. The molecule has 1 saturated heterocycles. The minimum atomic E-state index is -0.457. The van der Waals surface area contributed by atoms with Gasteiger partial charge in [-0.3, -0.25) is 9.59 Å². The Kier molecular flexibility index (Phi) is 7.94. The normalized spacial score (nSPS) is 19.5. The molecule has 2 aliphatic heterocycles. The van der Waals surface area contributed by atoms with E-state index in [1.165, 1.54) is 44.3 Å². The van der Waals surface area contributed by atoms with Crippen molar-refractivity contribution in [2.45, 2.75) is 64.5 Å². The van der Waals surface area contributed by atoms with Gasteiger partial charge in [-0.15, -0.1) is 0 Å². The molecule has 37 heavy (non-hydrogen) atoms. The number of aromatic nitrogens is 1. The molecule has 0 bridgehead atoms. The van der Waals surface area contributed by atoms with Crippen LogP contribution in [0.5, 0.6) is 0 Å². The van der Waals surface area contributed by atoms with Crippen LogP contribution in [0.2, 0.25) is 0 Å². The fraction of sp³-hybridized carbons (Fsp3) is 0.484. The van der Waals surface area contributed by atoms with Gasteiger partial charge in [0.05, 0.1) is 32.2 Å². The van der Waals surface area contributed by atoms with E-state index < -0.39 is 6.04 Å². The van der Waals surface area contributed by atoms with Gasteiger partial charge in [-0.2, -0.15) is 0 Å². The van der Waals surface area contributed by atoms with E-state index in [1.54, 1.807) is 4.90 Å². The van der Waals surface area contributed by atoms with E-state index in [4.69, 9.17) is 0 Å². The molecular weight excluding hydrogens is 460 g/mol. The molecule has 6 heteroatoms. The predicted octanol–water partition coefficient (Wildman–Crippen LogP) is 3.73. The van der Waals surface area contributed by atoms with Gasteiger partial charge in [-0.1, -0.05) is 75.2 Å². The number of fused-ring (bicyclic) bond motifs is 4. The van der Waals surface area contributed by atoms with Gasteiger partial charge >= 0.3 is 0 Å². The van der Waals surface area contributed by atoms with Crippen LogP contribution in [0.15, 0.2) is 54.6 Å². The highest BCUT2D eigenvalue weighted by Crippen LogP contribution is 2.42. The van der Waals surface area contributed by atoms with Crippen LogP contribution in [0, 0.1) is 0 Å². The molecule has 5 rings (SSSR count). The zero-order valence-electron chi connectivity index (χ0n) is 22.3. The maximum absolute atomic E-state index is 13.9. The average molecular weight is 502 g/mol. The van der Waals surface area contributed by atoms with E-state index in [9.17, 15) is 9.59 Å². The first kappa shape index (κ1) is 25.5. The number of piperazine rings is 1. The first-order valence-corrected chi connectivity index (χ1v) is 14.2. The molecule has 2 aliphatic rings. The number of aromatic amines is 1. The van der Waals surface area contributed by atoms with Crippen LogP contribution in [0.25, 0.3) is 10.9 Å². The number of H-pyrrole nitrogens is 1. The summed E-state index contributed by atoms with van der Waals surface area (Å²) < 4.78 is 0. The van der Waals surface area contributed by atoms with Crippen LogP contribution in [-0.2, 0) is 16.0 Å². The molecular formula is C31H41N4O2+. The number of quaternary nitrogens is 1. The van der Waals surface area contributed by atoms with Crippen molar-refractivity contribution in [2.75, 3.05) is 32.7 Å². The third-order valence-corrected chi connectivity index (χ3v) is 8.18. The van der Waals surface area contributed by atoms with Crippen molar-refractivity contribution in [1.29, 1.82) is 0 Å². The summed E-state index contributed by atoms with van der Waals surface area (Å²) in [5.74, 6) is 0.143. The first-order chi connectivity index (χ1) is 18.1. The van der Waals surface area contributed by atoms with Gasteiger partial charge < -0.3 is 19.7 Å². The van der Waals surface area contributed by atoms with E-state index in [2.05, 4.69) is 43.1 Å². The van der Waals surface area contributed by atoms with Crippen LogP contribution in [0.1, 0.15) is 68.8 Å². The summed E-state index contributed by atoms with van der Waals surface area (Å²) in [6, 6.07) is 17.7. The Hall–Kier alpha value is -3.12. The van der Waals surface area contributed by atoms with Crippen molar-refractivity contribution >= 4 is 22.7 Å². The Bertz CT molecular complexity index is 1210. The molecule has 196 valence electrons. The Morgan fingerprint density at radius 1 is 0.892 bits per heavy atom. The number of rotatable bonds is 11. The van der Waals surface area contributed by atoms with Crippen molar-refractivity contribution < 1.29 is 14.5 Å². The fourth-order valence-electron chi connectivity index (χ4n) is 6.24. The highest BCUT2D eigenvalue weighted by Gasteiger charge is 2.48. The van der Waals surface area contributed by atoms with Crippen LogP contribution in [-0.4, -0.2) is 65.4 Å². The van der Waals surface area contributed by atoms with Crippen molar-refractivity contribution in [3.05, 3.63) is 71.4 Å². The lowest BCUT2D eigenvalue weighted by Gasteiger charge is -2.47. The van der Waals surface area contributed by atoms with E-state index in [0.717, 1.165) is 35.1 Å². The summed E-state index contributed by atoms with van der Waals surface area (Å²) in [4.78, 5) is 36.5. The third kappa shape index (κ3) is 5.17. The van der Waals surface area contributed by atoms with Gasteiger partial charge in [0.25, 0.3) is 0 Å². The molecule has 2 atom stereocenters. The second-order valence-electron chi connectivity index (χ2n) is 10.7. The quantitative estimate of drug-likeness (QED) is 0.421. The summed E-state index contributed by atoms with van der Waals surface area (Å²) in [5, 5.41) is 1.15. The van der Waals surface area contributed by atoms with Crippen molar-refractivity contribution in [3.63, 3.8) is 0 Å². The molecule has 3 aromatic rings. The number of carbonyl (C=O) groups excluding carboxylic acids is 2. The largest absolute Gasteiger partial charge is 0.356 e. The maximum atomic E-state index is 13.9. The van der Waals surface area contributed by atoms with Gasteiger partial charge in [0, 0.05) is 36.0 Å². The van der Waals surface area contributed by atoms with E-state index in [-0.39, 0.29) is 24.4 Å². The van der Waals surface area contributed by atoms with Crippen molar-refractivity contribution in [2.24, 2.45) is 0 Å². The number of benzene rings is 2. The molecule has 2 aromatic carbocycles. The third-order valence-electron chi connectivity index (χ3n) is 8.18. The Morgan fingerprint density at radius 3 is 2.30 bits per heavy atom. The smallest absolute Gasteiger partial charge is 0.246 e. The van der Waals surface area contributed by atoms with Gasteiger partial charge in [-0.05, 0) is 30.0 Å². The van der Waals surface area contributed by atoms with Crippen molar-refractivity contribution in [3.8, 4) is 0 Å². The lowest BCUT2D eigenvalue weighted by Crippen LogP contribution is -3.12. The SMILES string of the molecule is CCCC[NH+](CCCC)CCCN1CC(=O)N2[C@H](c3ccccc3)c3[nH]c4ccccc4c3C[C@H]2C1=O. The minimum Gasteiger partial charge on any atom is -0.356 e. The number of nitrogens with one attached hydrogen (secondary N) is 2.